The number of rotatable bonds is 5. The summed E-state index contributed by atoms with van der Waals surface area (Å²) in [7, 11) is 0. The zero-order valence-electron chi connectivity index (χ0n) is 16.1. The molecular weight excluding hydrogens is 368 g/mol. The number of benzene rings is 1. The fourth-order valence-electron chi connectivity index (χ4n) is 3.42. The second kappa shape index (κ2) is 8.96. The second-order valence-electron chi connectivity index (χ2n) is 7.54. The maximum absolute atomic E-state index is 13.3. The summed E-state index contributed by atoms with van der Waals surface area (Å²) in [5.74, 6) is -3.07. The summed E-state index contributed by atoms with van der Waals surface area (Å²) < 4.78 is 32.1. The molecule has 0 bridgehead atoms. The molecule has 2 saturated heterocycles. The number of amides is 2. The van der Waals surface area contributed by atoms with Crippen LogP contribution in [0.5, 0.6) is 0 Å². The molecule has 1 N–H and O–H groups in total. The molecule has 0 aliphatic carbocycles. The minimum Gasteiger partial charge on any atom is -0.366 e. The quantitative estimate of drug-likeness (QED) is 0.822. The Kier molecular flexibility index (Phi) is 6.61. The Morgan fingerprint density at radius 1 is 1.18 bits per heavy atom. The van der Waals surface area contributed by atoms with Crippen molar-refractivity contribution in [1.29, 1.82) is 0 Å². The zero-order valence-corrected chi connectivity index (χ0v) is 16.1. The van der Waals surface area contributed by atoms with E-state index in [9.17, 15) is 18.4 Å². The van der Waals surface area contributed by atoms with Crippen LogP contribution >= 0.6 is 0 Å². The fraction of sp³-hybridized carbons (Fsp3) is 0.600. The van der Waals surface area contributed by atoms with Gasteiger partial charge in [-0.2, -0.15) is 0 Å². The lowest BCUT2D eigenvalue weighted by Crippen LogP contribution is -2.54. The molecule has 1 atom stereocenters. The third-order valence-corrected chi connectivity index (χ3v) is 5.21. The molecular formula is C20H27F2N3O3. The monoisotopic (exact) mass is 395 g/mol. The fourth-order valence-corrected chi connectivity index (χ4v) is 3.42. The molecule has 2 aliphatic heterocycles. The minimum absolute atomic E-state index is 0.0444. The van der Waals surface area contributed by atoms with Crippen LogP contribution in [0, 0.1) is 6.92 Å². The summed E-state index contributed by atoms with van der Waals surface area (Å²) in [5.41, 5.74) is 2.19. The number of hydrogen-bond donors (Lipinski definition) is 1. The van der Waals surface area contributed by atoms with Crippen molar-refractivity contribution >= 4 is 11.8 Å². The van der Waals surface area contributed by atoms with E-state index in [4.69, 9.17) is 4.74 Å². The van der Waals surface area contributed by atoms with Crippen molar-refractivity contribution in [1.82, 2.24) is 15.1 Å². The first kappa shape index (κ1) is 20.7. The van der Waals surface area contributed by atoms with Crippen LogP contribution in [0.2, 0.25) is 0 Å². The molecule has 6 nitrogen and oxygen atoms in total. The first-order valence-electron chi connectivity index (χ1n) is 9.65. The van der Waals surface area contributed by atoms with E-state index in [1.165, 1.54) is 4.90 Å². The maximum Gasteiger partial charge on any atom is 0.253 e. The van der Waals surface area contributed by atoms with Crippen molar-refractivity contribution in [3.63, 3.8) is 0 Å². The number of alkyl halides is 2. The third-order valence-electron chi connectivity index (χ3n) is 5.21. The molecule has 0 radical (unpaired) electrons. The summed E-state index contributed by atoms with van der Waals surface area (Å²) in [4.78, 5) is 28.1. The predicted octanol–water partition coefficient (Wildman–Crippen LogP) is 1.57. The summed E-state index contributed by atoms with van der Waals surface area (Å²) in [6.07, 6.45) is -1.32. The van der Waals surface area contributed by atoms with Crippen LogP contribution in [0.3, 0.4) is 0 Å². The number of morpholine rings is 1. The molecule has 3 rings (SSSR count). The van der Waals surface area contributed by atoms with Gasteiger partial charge in [-0.1, -0.05) is 29.8 Å². The van der Waals surface area contributed by atoms with E-state index >= 15 is 0 Å². The van der Waals surface area contributed by atoms with Crippen LogP contribution in [-0.2, 0) is 20.9 Å². The SMILES string of the molecule is Cc1ccc(CNC(=O)CN2CCOC(C(=O)N3CCC(F)(F)CC3)C2)cc1. The van der Waals surface area contributed by atoms with E-state index < -0.39 is 12.0 Å². The number of ether oxygens (including phenoxy) is 1. The molecule has 1 aromatic rings. The standard InChI is InChI=1S/C20H27F2N3O3/c1-15-2-4-16(5-3-15)12-23-18(26)14-24-10-11-28-17(13-24)19(27)25-8-6-20(21,22)7-9-25/h2-5,17H,6-14H2,1H3,(H,23,26). The number of piperidine rings is 1. The van der Waals surface area contributed by atoms with Crippen molar-refractivity contribution in [2.45, 2.75) is 38.3 Å². The normalized spacial score (nSPS) is 22.7. The number of halogens is 2. The average Bonchev–Trinajstić information content (AvgIpc) is 2.67. The Hall–Kier alpha value is -2.06. The Bertz CT molecular complexity index is 686. The predicted molar refractivity (Wildman–Crippen MR) is 100.0 cm³/mol. The number of aryl methyl sites for hydroxylation is 1. The van der Waals surface area contributed by atoms with Gasteiger partial charge in [-0.05, 0) is 12.5 Å². The van der Waals surface area contributed by atoms with E-state index in [0.29, 0.717) is 26.2 Å². The van der Waals surface area contributed by atoms with Crippen LogP contribution in [0.1, 0.15) is 24.0 Å². The highest BCUT2D eigenvalue weighted by Crippen LogP contribution is 2.28. The Morgan fingerprint density at radius 3 is 2.54 bits per heavy atom. The Balaban J connectivity index is 1.44. The molecule has 2 aliphatic rings. The second-order valence-corrected chi connectivity index (χ2v) is 7.54. The van der Waals surface area contributed by atoms with Gasteiger partial charge in [-0.15, -0.1) is 0 Å². The number of carbonyl (C=O) groups excluding carboxylic acids is 2. The average molecular weight is 395 g/mol. The van der Waals surface area contributed by atoms with E-state index in [-0.39, 0.29) is 44.3 Å². The molecule has 2 heterocycles. The van der Waals surface area contributed by atoms with Crippen molar-refractivity contribution in [3.8, 4) is 0 Å². The van der Waals surface area contributed by atoms with Gasteiger partial charge in [0, 0.05) is 45.6 Å². The van der Waals surface area contributed by atoms with E-state index in [2.05, 4.69) is 5.32 Å². The Morgan fingerprint density at radius 2 is 1.86 bits per heavy atom. The molecule has 2 fully saturated rings. The van der Waals surface area contributed by atoms with Gasteiger partial charge in [0.25, 0.3) is 11.8 Å². The first-order chi connectivity index (χ1) is 13.3. The van der Waals surface area contributed by atoms with Crippen molar-refractivity contribution in [2.24, 2.45) is 0 Å². The molecule has 0 spiro atoms. The van der Waals surface area contributed by atoms with Crippen LogP contribution in [0.4, 0.5) is 8.78 Å². The van der Waals surface area contributed by atoms with Gasteiger partial charge in [-0.25, -0.2) is 8.78 Å². The van der Waals surface area contributed by atoms with Crippen LogP contribution in [0.25, 0.3) is 0 Å². The van der Waals surface area contributed by atoms with Crippen LogP contribution < -0.4 is 5.32 Å². The van der Waals surface area contributed by atoms with Gasteiger partial charge in [0.15, 0.2) is 0 Å². The lowest BCUT2D eigenvalue weighted by atomic mass is 10.1. The largest absolute Gasteiger partial charge is 0.366 e. The highest BCUT2D eigenvalue weighted by atomic mass is 19.3. The molecule has 0 aromatic heterocycles. The van der Waals surface area contributed by atoms with Gasteiger partial charge < -0.3 is 15.0 Å². The van der Waals surface area contributed by atoms with E-state index in [1.807, 2.05) is 36.1 Å². The van der Waals surface area contributed by atoms with E-state index in [0.717, 1.165) is 11.1 Å². The van der Waals surface area contributed by atoms with Crippen LogP contribution in [0.15, 0.2) is 24.3 Å². The maximum atomic E-state index is 13.3. The highest BCUT2D eigenvalue weighted by Gasteiger charge is 2.38. The number of likely N-dealkylation sites (tertiary alicyclic amines) is 1. The molecule has 8 heteroatoms. The molecule has 154 valence electrons. The summed E-state index contributed by atoms with van der Waals surface area (Å²) in [6.45, 7) is 3.92. The van der Waals surface area contributed by atoms with Gasteiger partial charge in [0.1, 0.15) is 6.10 Å². The third kappa shape index (κ3) is 5.72. The van der Waals surface area contributed by atoms with Gasteiger partial charge >= 0.3 is 0 Å². The summed E-state index contributed by atoms with van der Waals surface area (Å²) in [6, 6.07) is 7.94. The summed E-state index contributed by atoms with van der Waals surface area (Å²) in [5, 5.41) is 2.88. The van der Waals surface area contributed by atoms with Gasteiger partial charge in [-0.3, -0.25) is 14.5 Å². The zero-order chi connectivity index (χ0) is 20.1. The van der Waals surface area contributed by atoms with Gasteiger partial charge in [0.05, 0.1) is 13.2 Å². The highest BCUT2D eigenvalue weighted by molar-refractivity contribution is 5.82. The number of nitrogens with one attached hydrogen (secondary N) is 1. The molecule has 1 unspecified atom stereocenters. The molecule has 2 amide bonds. The van der Waals surface area contributed by atoms with Crippen molar-refractivity contribution < 1.29 is 23.1 Å². The number of carbonyl (C=O) groups is 2. The first-order valence-corrected chi connectivity index (χ1v) is 9.65. The van der Waals surface area contributed by atoms with E-state index in [1.54, 1.807) is 0 Å². The van der Waals surface area contributed by atoms with Crippen molar-refractivity contribution in [2.75, 3.05) is 39.3 Å². The molecule has 28 heavy (non-hydrogen) atoms. The smallest absolute Gasteiger partial charge is 0.253 e. The minimum atomic E-state index is -2.69. The van der Waals surface area contributed by atoms with Gasteiger partial charge in [0.2, 0.25) is 5.91 Å². The lowest BCUT2D eigenvalue weighted by molar-refractivity contribution is -0.155. The molecule has 0 saturated carbocycles. The topological polar surface area (TPSA) is 61.9 Å². The molecule has 1 aromatic carbocycles. The number of hydrogen-bond acceptors (Lipinski definition) is 4. The Labute approximate surface area is 163 Å². The summed E-state index contributed by atoms with van der Waals surface area (Å²) >= 11 is 0. The van der Waals surface area contributed by atoms with Crippen molar-refractivity contribution in [3.05, 3.63) is 35.4 Å². The lowest BCUT2D eigenvalue weighted by Gasteiger charge is -2.37. The van der Waals surface area contributed by atoms with Crippen LogP contribution in [-0.4, -0.2) is 73.0 Å². The number of nitrogens with zero attached hydrogens (tertiary/aromatic N) is 2.